The fourth-order valence-corrected chi connectivity index (χ4v) is 2.27. The molecule has 0 spiro atoms. The maximum absolute atomic E-state index is 5.35. The third-order valence-corrected chi connectivity index (χ3v) is 3.49. The maximum atomic E-state index is 5.35. The van der Waals surface area contributed by atoms with Gasteiger partial charge in [0.15, 0.2) is 5.82 Å². The largest absolute Gasteiger partial charge is 0.497 e. The molecule has 0 bridgehead atoms. The van der Waals surface area contributed by atoms with E-state index in [2.05, 4.69) is 20.2 Å². The Labute approximate surface area is 137 Å². The summed E-state index contributed by atoms with van der Waals surface area (Å²) in [5.74, 6) is 2.37. The number of hydrogen-bond donors (Lipinski definition) is 0. The molecule has 0 aliphatic carbocycles. The van der Waals surface area contributed by atoms with Gasteiger partial charge in [0.1, 0.15) is 5.75 Å². The van der Waals surface area contributed by atoms with Crippen molar-refractivity contribution in [3.63, 3.8) is 0 Å². The van der Waals surface area contributed by atoms with Gasteiger partial charge in [0, 0.05) is 29.7 Å². The number of hydrogen-bond acceptors (Lipinski definition) is 6. The molecule has 0 aliphatic heterocycles. The van der Waals surface area contributed by atoms with Crippen molar-refractivity contribution in [3.8, 4) is 34.4 Å². The van der Waals surface area contributed by atoms with E-state index in [1.54, 1.807) is 24.2 Å². The summed E-state index contributed by atoms with van der Waals surface area (Å²) in [6.07, 6.45) is 5.23. The first kappa shape index (κ1) is 14.1. The van der Waals surface area contributed by atoms with Gasteiger partial charge in [-0.2, -0.15) is 10.1 Å². The fourth-order valence-electron chi connectivity index (χ4n) is 2.27. The molecule has 0 saturated carbocycles. The molecule has 0 saturated heterocycles. The zero-order valence-electron chi connectivity index (χ0n) is 12.8. The van der Waals surface area contributed by atoms with Gasteiger partial charge in [-0.05, 0) is 36.4 Å². The number of ether oxygens (including phenoxy) is 1. The first-order chi connectivity index (χ1) is 11.8. The molecule has 118 valence electrons. The number of pyridine rings is 1. The molecule has 1 aromatic carbocycles. The molecule has 0 N–H and O–H groups in total. The van der Waals surface area contributed by atoms with Crippen molar-refractivity contribution < 1.29 is 9.26 Å². The number of rotatable bonds is 4. The molecule has 0 radical (unpaired) electrons. The smallest absolute Gasteiger partial charge is 0.258 e. The van der Waals surface area contributed by atoms with Crippen LogP contribution < -0.4 is 4.74 Å². The van der Waals surface area contributed by atoms with E-state index in [4.69, 9.17) is 9.26 Å². The average molecular weight is 319 g/mol. The van der Waals surface area contributed by atoms with E-state index in [0.717, 1.165) is 22.7 Å². The fraction of sp³-hybridized carbons (Fsp3) is 0.0588. The topological polar surface area (TPSA) is 78.9 Å². The molecule has 24 heavy (non-hydrogen) atoms. The van der Waals surface area contributed by atoms with Gasteiger partial charge >= 0.3 is 0 Å². The van der Waals surface area contributed by atoms with Gasteiger partial charge in [-0.15, -0.1) is 0 Å². The van der Waals surface area contributed by atoms with Crippen LogP contribution in [0.2, 0.25) is 0 Å². The summed E-state index contributed by atoms with van der Waals surface area (Å²) in [7, 11) is 1.62. The van der Waals surface area contributed by atoms with Crippen molar-refractivity contribution in [2.24, 2.45) is 0 Å². The first-order valence-corrected chi connectivity index (χ1v) is 7.28. The highest BCUT2D eigenvalue weighted by Crippen LogP contribution is 2.25. The second-order valence-electron chi connectivity index (χ2n) is 5.01. The molecule has 0 atom stereocenters. The normalized spacial score (nSPS) is 10.7. The molecular weight excluding hydrogens is 306 g/mol. The molecule has 0 fully saturated rings. The van der Waals surface area contributed by atoms with Gasteiger partial charge in [-0.3, -0.25) is 0 Å². The molecule has 0 unspecified atom stereocenters. The second kappa shape index (κ2) is 5.96. The van der Waals surface area contributed by atoms with E-state index in [0.29, 0.717) is 11.7 Å². The van der Waals surface area contributed by atoms with Crippen LogP contribution in [0.5, 0.6) is 5.75 Å². The molecule has 4 rings (SSSR count). The molecule has 4 aromatic rings. The Morgan fingerprint density at radius 1 is 1.08 bits per heavy atom. The van der Waals surface area contributed by atoms with Crippen molar-refractivity contribution in [3.05, 3.63) is 61.1 Å². The summed E-state index contributed by atoms with van der Waals surface area (Å²) in [6.45, 7) is 0. The second-order valence-corrected chi connectivity index (χ2v) is 5.01. The van der Waals surface area contributed by atoms with Crippen molar-refractivity contribution >= 4 is 0 Å². The van der Waals surface area contributed by atoms with Crippen molar-refractivity contribution in [1.29, 1.82) is 0 Å². The van der Waals surface area contributed by atoms with Gasteiger partial charge in [0.2, 0.25) is 5.82 Å². The summed E-state index contributed by atoms with van der Waals surface area (Å²) in [5, 5.41) is 8.16. The standard InChI is InChI=1S/C17H13N5O2/c1-23-14-5-2-4-12(10-14)17-20-16(21-24-17)13-6-7-15(18-11-13)22-9-3-8-19-22/h2-11H,1H3. The van der Waals surface area contributed by atoms with E-state index in [-0.39, 0.29) is 0 Å². The Morgan fingerprint density at radius 2 is 2.04 bits per heavy atom. The van der Waals surface area contributed by atoms with E-state index in [1.807, 2.05) is 48.7 Å². The molecule has 0 aliphatic rings. The summed E-state index contributed by atoms with van der Waals surface area (Å²) < 4.78 is 12.2. The summed E-state index contributed by atoms with van der Waals surface area (Å²) in [5.41, 5.74) is 1.57. The molecule has 7 nitrogen and oxygen atoms in total. The lowest BCUT2D eigenvalue weighted by molar-refractivity contribution is 0.413. The Bertz CT molecular complexity index is 945. The summed E-state index contributed by atoms with van der Waals surface area (Å²) >= 11 is 0. The third-order valence-electron chi connectivity index (χ3n) is 3.49. The Morgan fingerprint density at radius 3 is 2.79 bits per heavy atom. The first-order valence-electron chi connectivity index (χ1n) is 7.28. The lowest BCUT2D eigenvalue weighted by atomic mass is 10.2. The van der Waals surface area contributed by atoms with Gasteiger partial charge in [-0.1, -0.05) is 11.2 Å². The van der Waals surface area contributed by atoms with E-state index >= 15 is 0 Å². The lowest BCUT2D eigenvalue weighted by Gasteiger charge is -2.00. The Kier molecular flexibility index (Phi) is 3.51. The van der Waals surface area contributed by atoms with E-state index in [9.17, 15) is 0 Å². The van der Waals surface area contributed by atoms with Gasteiger partial charge < -0.3 is 9.26 Å². The van der Waals surface area contributed by atoms with Crippen LogP contribution in [0.15, 0.2) is 65.6 Å². The predicted molar refractivity (Wildman–Crippen MR) is 86.6 cm³/mol. The highest BCUT2D eigenvalue weighted by molar-refractivity contribution is 5.60. The average Bonchev–Trinajstić information content (AvgIpc) is 3.34. The third kappa shape index (κ3) is 2.63. The molecule has 0 amide bonds. The lowest BCUT2D eigenvalue weighted by Crippen LogP contribution is -1.97. The van der Waals surface area contributed by atoms with Gasteiger partial charge in [0.05, 0.1) is 7.11 Å². The minimum Gasteiger partial charge on any atom is -0.497 e. The minimum absolute atomic E-state index is 0.431. The van der Waals surface area contributed by atoms with E-state index in [1.165, 1.54) is 0 Å². The predicted octanol–water partition coefficient (Wildman–Crippen LogP) is 2.99. The quantitative estimate of drug-likeness (QED) is 0.575. The zero-order chi connectivity index (χ0) is 16.4. The minimum atomic E-state index is 0.431. The summed E-state index contributed by atoms with van der Waals surface area (Å²) in [6, 6.07) is 13.0. The van der Waals surface area contributed by atoms with Crippen LogP contribution >= 0.6 is 0 Å². The number of aromatic nitrogens is 5. The molecule has 7 heteroatoms. The Hall–Kier alpha value is -3.48. The van der Waals surface area contributed by atoms with Crippen LogP contribution in [0.4, 0.5) is 0 Å². The van der Waals surface area contributed by atoms with Crippen LogP contribution in [0.25, 0.3) is 28.7 Å². The van der Waals surface area contributed by atoms with Crippen LogP contribution in [-0.4, -0.2) is 32.0 Å². The van der Waals surface area contributed by atoms with Crippen molar-refractivity contribution in [2.75, 3.05) is 7.11 Å². The van der Waals surface area contributed by atoms with Gasteiger partial charge in [0.25, 0.3) is 5.89 Å². The van der Waals surface area contributed by atoms with Crippen LogP contribution in [0.3, 0.4) is 0 Å². The summed E-state index contributed by atoms with van der Waals surface area (Å²) in [4.78, 5) is 8.79. The number of methoxy groups -OCH3 is 1. The number of nitrogens with zero attached hydrogens (tertiary/aromatic N) is 5. The monoisotopic (exact) mass is 319 g/mol. The van der Waals surface area contributed by atoms with Gasteiger partial charge in [-0.25, -0.2) is 9.67 Å². The van der Waals surface area contributed by atoms with Crippen LogP contribution in [0, 0.1) is 0 Å². The van der Waals surface area contributed by atoms with Crippen molar-refractivity contribution in [2.45, 2.75) is 0 Å². The zero-order valence-corrected chi connectivity index (χ0v) is 12.8. The molecule has 3 heterocycles. The van der Waals surface area contributed by atoms with Crippen LogP contribution in [0.1, 0.15) is 0 Å². The van der Waals surface area contributed by atoms with Crippen LogP contribution in [-0.2, 0) is 0 Å². The highest BCUT2D eigenvalue weighted by Gasteiger charge is 2.12. The molecular formula is C17H13N5O2. The Balaban J connectivity index is 1.62. The molecule has 3 aromatic heterocycles. The number of benzene rings is 1. The maximum Gasteiger partial charge on any atom is 0.258 e. The van der Waals surface area contributed by atoms with E-state index < -0.39 is 0 Å². The highest BCUT2D eigenvalue weighted by atomic mass is 16.5. The SMILES string of the molecule is COc1cccc(-c2nc(-c3ccc(-n4cccn4)nc3)no2)c1. The van der Waals surface area contributed by atoms with Crippen molar-refractivity contribution in [1.82, 2.24) is 24.9 Å².